The number of amides is 1. The Kier molecular flexibility index (Phi) is 3.75. The summed E-state index contributed by atoms with van der Waals surface area (Å²) >= 11 is 0. The van der Waals surface area contributed by atoms with Gasteiger partial charge in [0.25, 0.3) is 0 Å². The van der Waals surface area contributed by atoms with Gasteiger partial charge in [0.1, 0.15) is 0 Å². The molecule has 3 nitrogen and oxygen atoms in total. The third kappa shape index (κ3) is 2.97. The molecule has 21 heavy (non-hydrogen) atoms. The molecule has 1 saturated carbocycles. The summed E-state index contributed by atoms with van der Waals surface area (Å²) < 4.78 is 0. The van der Waals surface area contributed by atoms with E-state index in [9.17, 15) is 4.79 Å². The lowest BCUT2D eigenvalue weighted by atomic mass is 9.84. The van der Waals surface area contributed by atoms with Gasteiger partial charge in [-0.05, 0) is 36.0 Å². The number of aromatic nitrogens is 1. The van der Waals surface area contributed by atoms with Crippen LogP contribution in [0.25, 0.3) is 10.9 Å². The Morgan fingerprint density at radius 3 is 2.81 bits per heavy atom. The molecule has 1 aliphatic carbocycles. The second-order valence-electron chi connectivity index (χ2n) is 6.80. The van der Waals surface area contributed by atoms with Crippen LogP contribution in [0.2, 0.25) is 0 Å². The fourth-order valence-electron chi connectivity index (χ4n) is 3.54. The van der Waals surface area contributed by atoms with E-state index in [1.807, 2.05) is 24.2 Å². The average molecular weight is 284 g/mol. The topological polar surface area (TPSA) is 36.1 Å². The molecule has 2 aromatic rings. The standard InChI is InChI=1S/C18H24N2O/c1-18(9-3-4-10-18)12-17(21)20(2)13-14-6-5-7-16-15(14)8-11-19-16/h5-8,11,19H,3-4,9-10,12-13H2,1-2H3. The molecule has 1 aromatic carbocycles. The van der Waals surface area contributed by atoms with Gasteiger partial charge in [-0.25, -0.2) is 0 Å². The van der Waals surface area contributed by atoms with Crippen molar-refractivity contribution in [3.05, 3.63) is 36.0 Å². The van der Waals surface area contributed by atoms with Crippen LogP contribution >= 0.6 is 0 Å². The van der Waals surface area contributed by atoms with Gasteiger partial charge < -0.3 is 9.88 Å². The molecule has 112 valence electrons. The van der Waals surface area contributed by atoms with E-state index in [0.717, 1.165) is 5.52 Å². The van der Waals surface area contributed by atoms with Crippen LogP contribution in [0.5, 0.6) is 0 Å². The van der Waals surface area contributed by atoms with Crippen molar-refractivity contribution >= 4 is 16.8 Å². The van der Waals surface area contributed by atoms with Crippen molar-refractivity contribution in [2.24, 2.45) is 5.41 Å². The molecule has 0 saturated heterocycles. The molecule has 1 N–H and O–H groups in total. The number of hydrogen-bond acceptors (Lipinski definition) is 1. The van der Waals surface area contributed by atoms with E-state index in [-0.39, 0.29) is 11.3 Å². The van der Waals surface area contributed by atoms with Gasteiger partial charge in [0, 0.05) is 37.1 Å². The minimum Gasteiger partial charge on any atom is -0.361 e. The molecule has 1 fully saturated rings. The zero-order valence-corrected chi connectivity index (χ0v) is 13.0. The fourth-order valence-corrected chi connectivity index (χ4v) is 3.54. The molecule has 1 aromatic heterocycles. The fraction of sp³-hybridized carbons (Fsp3) is 0.500. The van der Waals surface area contributed by atoms with Gasteiger partial charge in [-0.15, -0.1) is 0 Å². The van der Waals surface area contributed by atoms with E-state index in [1.165, 1.54) is 36.6 Å². The van der Waals surface area contributed by atoms with Crippen molar-refractivity contribution in [1.82, 2.24) is 9.88 Å². The quantitative estimate of drug-likeness (QED) is 0.901. The van der Waals surface area contributed by atoms with E-state index in [1.54, 1.807) is 0 Å². The van der Waals surface area contributed by atoms with Crippen LogP contribution in [0.3, 0.4) is 0 Å². The number of aromatic amines is 1. The summed E-state index contributed by atoms with van der Waals surface area (Å²) in [7, 11) is 1.92. The summed E-state index contributed by atoms with van der Waals surface area (Å²) in [6.45, 7) is 2.95. The first-order valence-corrected chi connectivity index (χ1v) is 7.86. The Hall–Kier alpha value is -1.77. The number of carbonyl (C=O) groups excluding carboxylic acids is 1. The van der Waals surface area contributed by atoms with Crippen molar-refractivity contribution in [1.29, 1.82) is 0 Å². The monoisotopic (exact) mass is 284 g/mol. The first-order valence-electron chi connectivity index (χ1n) is 7.86. The van der Waals surface area contributed by atoms with Crippen LogP contribution in [-0.4, -0.2) is 22.8 Å². The predicted molar refractivity (Wildman–Crippen MR) is 86.0 cm³/mol. The highest BCUT2D eigenvalue weighted by atomic mass is 16.2. The number of nitrogens with one attached hydrogen (secondary N) is 1. The Balaban J connectivity index is 1.69. The van der Waals surface area contributed by atoms with Gasteiger partial charge in [0.15, 0.2) is 0 Å². The molecule has 3 heteroatoms. The zero-order valence-electron chi connectivity index (χ0n) is 13.0. The molecule has 0 unspecified atom stereocenters. The Morgan fingerprint density at radius 2 is 2.05 bits per heavy atom. The van der Waals surface area contributed by atoms with Gasteiger partial charge in [-0.1, -0.05) is 31.9 Å². The number of H-pyrrole nitrogens is 1. The average Bonchev–Trinajstić information content (AvgIpc) is 3.08. The third-order valence-electron chi connectivity index (χ3n) is 4.91. The van der Waals surface area contributed by atoms with Crippen molar-refractivity contribution in [2.75, 3.05) is 7.05 Å². The van der Waals surface area contributed by atoms with Crippen LogP contribution in [0.15, 0.2) is 30.5 Å². The second kappa shape index (κ2) is 5.55. The normalized spacial score (nSPS) is 17.2. The third-order valence-corrected chi connectivity index (χ3v) is 4.91. The van der Waals surface area contributed by atoms with E-state index < -0.39 is 0 Å². The molecule has 1 amide bonds. The summed E-state index contributed by atoms with van der Waals surface area (Å²) in [5.74, 6) is 0.270. The lowest BCUT2D eigenvalue weighted by Gasteiger charge is -2.26. The number of fused-ring (bicyclic) bond motifs is 1. The van der Waals surface area contributed by atoms with Crippen LogP contribution in [0.1, 0.15) is 44.6 Å². The molecular weight excluding hydrogens is 260 g/mol. The number of hydrogen-bond donors (Lipinski definition) is 1. The number of nitrogens with zero attached hydrogens (tertiary/aromatic N) is 1. The van der Waals surface area contributed by atoms with Gasteiger partial charge >= 0.3 is 0 Å². The van der Waals surface area contributed by atoms with E-state index in [0.29, 0.717) is 13.0 Å². The van der Waals surface area contributed by atoms with Crippen molar-refractivity contribution in [3.8, 4) is 0 Å². The van der Waals surface area contributed by atoms with Crippen LogP contribution in [0, 0.1) is 5.41 Å². The van der Waals surface area contributed by atoms with Gasteiger partial charge in [0.2, 0.25) is 5.91 Å². The van der Waals surface area contributed by atoms with Crippen molar-refractivity contribution < 1.29 is 4.79 Å². The van der Waals surface area contributed by atoms with Gasteiger partial charge in [-0.3, -0.25) is 4.79 Å². The number of carbonyl (C=O) groups is 1. The summed E-state index contributed by atoms with van der Waals surface area (Å²) in [6, 6.07) is 8.31. The van der Waals surface area contributed by atoms with Crippen LogP contribution in [-0.2, 0) is 11.3 Å². The van der Waals surface area contributed by atoms with Gasteiger partial charge in [-0.2, -0.15) is 0 Å². The lowest BCUT2D eigenvalue weighted by Crippen LogP contribution is -2.30. The summed E-state index contributed by atoms with van der Waals surface area (Å²) in [5.41, 5.74) is 2.57. The Morgan fingerprint density at radius 1 is 1.29 bits per heavy atom. The lowest BCUT2D eigenvalue weighted by molar-refractivity contribution is -0.132. The van der Waals surface area contributed by atoms with Crippen molar-refractivity contribution in [3.63, 3.8) is 0 Å². The summed E-state index contributed by atoms with van der Waals surface area (Å²) in [6.07, 6.45) is 7.58. The van der Waals surface area contributed by atoms with Crippen LogP contribution < -0.4 is 0 Å². The molecule has 0 radical (unpaired) electrons. The number of benzene rings is 1. The predicted octanol–water partition coefficient (Wildman–Crippen LogP) is 4.10. The molecule has 3 rings (SSSR count). The second-order valence-corrected chi connectivity index (χ2v) is 6.80. The summed E-state index contributed by atoms with van der Waals surface area (Å²) in [5, 5.41) is 1.21. The molecule has 0 bridgehead atoms. The minimum absolute atomic E-state index is 0.228. The molecule has 0 atom stereocenters. The first kappa shape index (κ1) is 14.2. The molecule has 1 heterocycles. The molecule has 0 aliphatic heterocycles. The largest absolute Gasteiger partial charge is 0.361 e. The Bertz CT molecular complexity index is 637. The maximum Gasteiger partial charge on any atom is 0.223 e. The number of rotatable bonds is 4. The van der Waals surface area contributed by atoms with Crippen LogP contribution in [0.4, 0.5) is 0 Å². The van der Waals surface area contributed by atoms with E-state index in [4.69, 9.17) is 0 Å². The highest BCUT2D eigenvalue weighted by Gasteiger charge is 2.32. The maximum atomic E-state index is 12.5. The zero-order chi connectivity index (χ0) is 14.9. The smallest absolute Gasteiger partial charge is 0.223 e. The highest BCUT2D eigenvalue weighted by Crippen LogP contribution is 2.40. The highest BCUT2D eigenvalue weighted by molar-refractivity contribution is 5.83. The maximum absolute atomic E-state index is 12.5. The Labute approximate surface area is 126 Å². The van der Waals surface area contributed by atoms with Crippen molar-refractivity contribution in [2.45, 2.75) is 45.6 Å². The van der Waals surface area contributed by atoms with E-state index in [2.05, 4.69) is 30.1 Å². The molecule has 0 spiro atoms. The first-order chi connectivity index (χ1) is 10.1. The molecule has 1 aliphatic rings. The van der Waals surface area contributed by atoms with Gasteiger partial charge in [0.05, 0.1) is 0 Å². The SMILES string of the molecule is CN(Cc1cccc2[nH]ccc12)C(=O)CC1(C)CCCC1. The summed E-state index contributed by atoms with van der Waals surface area (Å²) in [4.78, 5) is 17.6. The molecular formula is C18H24N2O. The minimum atomic E-state index is 0.228. The van der Waals surface area contributed by atoms with E-state index >= 15 is 0 Å².